The summed E-state index contributed by atoms with van der Waals surface area (Å²) in [6, 6.07) is 13.5. The van der Waals surface area contributed by atoms with E-state index in [0.717, 1.165) is 38.5 Å². The van der Waals surface area contributed by atoms with E-state index in [4.69, 9.17) is 23.2 Å². The van der Waals surface area contributed by atoms with E-state index in [1.165, 1.54) is 0 Å². The Morgan fingerprint density at radius 2 is 1.24 bits per heavy atom. The Kier molecular flexibility index (Phi) is 11.3. The predicted molar refractivity (Wildman–Crippen MR) is 138 cm³/mol. The number of amides is 4. The van der Waals surface area contributed by atoms with Crippen molar-refractivity contribution in [2.75, 3.05) is 23.7 Å². The van der Waals surface area contributed by atoms with Crippen molar-refractivity contribution in [1.29, 1.82) is 0 Å². The quantitative estimate of drug-likeness (QED) is 0.234. The van der Waals surface area contributed by atoms with Crippen molar-refractivity contribution in [3.63, 3.8) is 0 Å². The first-order valence-corrected chi connectivity index (χ1v) is 12.2. The smallest absolute Gasteiger partial charge is 0.319 e. The number of anilines is 2. The van der Waals surface area contributed by atoms with E-state index in [9.17, 15) is 9.59 Å². The van der Waals surface area contributed by atoms with Gasteiger partial charge in [-0.25, -0.2) is 9.59 Å². The summed E-state index contributed by atoms with van der Waals surface area (Å²) in [7, 11) is 0. The van der Waals surface area contributed by atoms with Crippen molar-refractivity contribution < 1.29 is 9.59 Å². The van der Waals surface area contributed by atoms with Gasteiger partial charge in [0.25, 0.3) is 0 Å². The molecule has 0 fully saturated rings. The van der Waals surface area contributed by atoms with Crippen molar-refractivity contribution in [3.8, 4) is 0 Å². The Balaban J connectivity index is 1.82. The first-order valence-electron chi connectivity index (χ1n) is 11.5. The SMILES string of the molecule is CCCC[C@](CC)(CCCNC(=O)Nc1ccc(Cl)cc1)CNC(=O)Nc1ccc(Cl)cc1. The fourth-order valence-electron chi connectivity index (χ4n) is 3.68. The van der Waals surface area contributed by atoms with E-state index in [-0.39, 0.29) is 17.5 Å². The van der Waals surface area contributed by atoms with Crippen molar-refractivity contribution in [2.24, 2.45) is 5.41 Å². The molecule has 0 heterocycles. The van der Waals surface area contributed by atoms with E-state index < -0.39 is 0 Å². The number of hydrogen-bond acceptors (Lipinski definition) is 2. The predicted octanol–water partition coefficient (Wildman–Crippen LogP) is 7.30. The number of unbranched alkanes of at least 4 members (excludes halogenated alkanes) is 1. The highest BCUT2D eigenvalue weighted by Crippen LogP contribution is 2.33. The lowest BCUT2D eigenvalue weighted by atomic mass is 9.76. The lowest BCUT2D eigenvalue weighted by Gasteiger charge is -2.33. The molecule has 4 N–H and O–H groups in total. The van der Waals surface area contributed by atoms with Crippen LogP contribution in [-0.2, 0) is 0 Å². The summed E-state index contributed by atoms with van der Waals surface area (Å²) < 4.78 is 0. The van der Waals surface area contributed by atoms with Gasteiger partial charge in [-0.05, 0) is 79.6 Å². The van der Waals surface area contributed by atoms with Gasteiger partial charge in [-0.15, -0.1) is 0 Å². The molecule has 0 aliphatic carbocycles. The fraction of sp³-hybridized carbons (Fsp3) is 0.440. The second-order valence-corrected chi connectivity index (χ2v) is 9.14. The Labute approximate surface area is 206 Å². The van der Waals surface area contributed by atoms with Crippen LogP contribution in [0.5, 0.6) is 0 Å². The zero-order valence-corrected chi connectivity index (χ0v) is 20.9. The van der Waals surface area contributed by atoms with Gasteiger partial charge in [-0.1, -0.05) is 49.9 Å². The number of nitrogens with one attached hydrogen (secondary N) is 4. The summed E-state index contributed by atoms with van der Waals surface area (Å²) in [4.78, 5) is 24.6. The number of carbonyl (C=O) groups is 2. The molecule has 0 saturated carbocycles. The van der Waals surface area contributed by atoms with Crippen molar-refractivity contribution in [3.05, 3.63) is 58.6 Å². The normalized spacial score (nSPS) is 12.5. The summed E-state index contributed by atoms with van der Waals surface area (Å²) in [5, 5.41) is 12.8. The van der Waals surface area contributed by atoms with Crippen LogP contribution in [0.25, 0.3) is 0 Å². The third kappa shape index (κ3) is 9.93. The van der Waals surface area contributed by atoms with E-state index in [1.807, 2.05) is 0 Å². The lowest BCUT2D eigenvalue weighted by molar-refractivity contribution is 0.202. The van der Waals surface area contributed by atoms with Crippen LogP contribution in [0, 0.1) is 5.41 Å². The molecule has 180 valence electrons. The maximum atomic E-state index is 12.4. The topological polar surface area (TPSA) is 82.3 Å². The molecular formula is C25H34Cl2N4O2. The molecule has 1 atom stereocenters. The van der Waals surface area contributed by atoms with Gasteiger partial charge in [0, 0.05) is 34.5 Å². The largest absolute Gasteiger partial charge is 0.338 e. The molecule has 0 bridgehead atoms. The van der Waals surface area contributed by atoms with Crippen molar-refractivity contribution in [1.82, 2.24) is 10.6 Å². The molecular weight excluding hydrogens is 459 g/mol. The molecule has 33 heavy (non-hydrogen) atoms. The maximum Gasteiger partial charge on any atom is 0.319 e. The molecule has 6 nitrogen and oxygen atoms in total. The Bertz CT molecular complexity index is 875. The van der Waals surface area contributed by atoms with Gasteiger partial charge in [0.2, 0.25) is 0 Å². The average molecular weight is 493 g/mol. The molecule has 4 amide bonds. The van der Waals surface area contributed by atoms with Gasteiger partial charge in [-0.2, -0.15) is 0 Å². The Morgan fingerprint density at radius 3 is 1.73 bits per heavy atom. The third-order valence-corrected chi connectivity index (χ3v) is 6.31. The molecule has 2 aromatic carbocycles. The minimum absolute atomic E-state index is 0.0122. The first kappa shape index (κ1) is 26.8. The molecule has 2 rings (SSSR count). The van der Waals surface area contributed by atoms with E-state index in [0.29, 0.717) is 34.5 Å². The fourth-order valence-corrected chi connectivity index (χ4v) is 3.93. The zero-order chi connectivity index (χ0) is 24.1. The van der Waals surface area contributed by atoms with Gasteiger partial charge in [0.15, 0.2) is 0 Å². The molecule has 0 saturated heterocycles. The minimum atomic E-state index is -0.242. The molecule has 0 aliphatic rings. The molecule has 0 aromatic heterocycles. The van der Waals surface area contributed by atoms with Crippen LogP contribution in [0.15, 0.2) is 48.5 Å². The van der Waals surface area contributed by atoms with E-state index >= 15 is 0 Å². The molecule has 0 unspecified atom stereocenters. The highest BCUT2D eigenvalue weighted by atomic mass is 35.5. The summed E-state index contributed by atoms with van der Waals surface area (Å²) >= 11 is 11.8. The minimum Gasteiger partial charge on any atom is -0.338 e. The Morgan fingerprint density at radius 1 is 0.758 bits per heavy atom. The number of benzene rings is 2. The molecule has 2 aromatic rings. The molecule has 0 radical (unpaired) electrons. The zero-order valence-electron chi connectivity index (χ0n) is 19.3. The van der Waals surface area contributed by atoms with Crippen LogP contribution in [0.3, 0.4) is 0 Å². The van der Waals surface area contributed by atoms with Crippen molar-refractivity contribution >= 4 is 46.6 Å². The van der Waals surface area contributed by atoms with Gasteiger partial charge in [-0.3, -0.25) is 0 Å². The van der Waals surface area contributed by atoms with Gasteiger partial charge in [0.1, 0.15) is 0 Å². The summed E-state index contributed by atoms with van der Waals surface area (Å²) in [5.41, 5.74) is 1.38. The monoisotopic (exact) mass is 492 g/mol. The van der Waals surface area contributed by atoms with E-state index in [1.54, 1.807) is 48.5 Å². The van der Waals surface area contributed by atoms with Crippen molar-refractivity contribution in [2.45, 2.75) is 52.4 Å². The van der Waals surface area contributed by atoms with Crippen LogP contribution in [0.4, 0.5) is 21.0 Å². The second-order valence-electron chi connectivity index (χ2n) is 8.26. The molecule has 0 spiro atoms. The average Bonchev–Trinajstić information content (AvgIpc) is 2.81. The number of rotatable bonds is 12. The number of carbonyl (C=O) groups excluding carboxylic acids is 2. The van der Waals surface area contributed by atoms with Gasteiger partial charge >= 0.3 is 12.1 Å². The third-order valence-electron chi connectivity index (χ3n) is 5.81. The Hall–Kier alpha value is -2.44. The molecule has 0 aliphatic heterocycles. The maximum absolute atomic E-state index is 12.4. The van der Waals surface area contributed by atoms with Crippen LogP contribution in [0.1, 0.15) is 52.4 Å². The van der Waals surface area contributed by atoms with E-state index in [2.05, 4.69) is 35.1 Å². The highest BCUT2D eigenvalue weighted by Gasteiger charge is 2.27. The first-order chi connectivity index (χ1) is 15.9. The van der Waals surface area contributed by atoms with Crippen LogP contribution in [0.2, 0.25) is 10.0 Å². The standard InChI is InChI=1S/C25H34Cl2N4O2/c1-3-5-15-25(4-2,18-29-24(33)31-22-13-9-20(27)10-14-22)16-6-17-28-23(32)30-21-11-7-19(26)8-12-21/h7-14H,3-6,15-18H2,1-2H3,(H2,28,30,32)(H2,29,31,33)/t25-/m1/s1. The lowest BCUT2D eigenvalue weighted by Crippen LogP contribution is -2.40. The summed E-state index contributed by atoms with van der Waals surface area (Å²) in [6.45, 7) is 5.48. The van der Waals surface area contributed by atoms with Gasteiger partial charge in [0.05, 0.1) is 0 Å². The number of hydrogen-bond donors (Lipinski definition) is 4. The number of halogens is 2. The summed E-state index contributed by atoms with van der Waals surface area (Å²) in [6.07, 6.45) is 5.90. The van der Waals surface area contributed by atoms with Crippen LogP contribution >= 0.6 is 23.2 Å². The van der Waals surface area contributed by atoms with Gasteiger partial charge < -0.3 is 21.3 Å². The summed E-state index contributed by atoms with van der Waals surface area (Å²) in [5.74, 6) is 0. The highest BCUT2D eigenvalue weighted by molar-refractivity contribution is 6.30. The number of urea groups is 2. The molecule has 8 heteroatoms. The second kappa shape index (κ2) is 14.0. The van der Waals surface area contributed by atoms with Crippen LogP contribution < -0.4 is 21.3 Å². The van der Waals surface area contributed by atoms with Crippen LogP contribution in [-0.4, -0.2) is 25.2 Å².